The molecule has 7 heteroatoms. The van der Waals surface area contributed by atoms with E-state index in [2.05, 4.69) is 0 Å². The standard InChI is InChI=1S/C16H22O7/c1-3-4-9-5-6-10(7-11(9)21-2)22-16-15(20)14(19)13(18)12(8-17)23-16/h3-7,12-20H,8H2,1-2H3/b4-3+/t12-,13-,14+,15-,16-/m1/s1. The number of benzene rings is 1. The van der Waals surface area contributed by atoms with Crippen LogP contribution in [0.2, 0.25) is 0 Å². The Balaban J connectivity index is 2.17. The Labute approximate surface area is 134 Å². The average Bonchev–Trinajstić information content (AvgIpc) is 2.56. The summed E-state index contributed by atoms with van der Waals surface area (Å²) < 4.78 is 16.1. The van der Waals surface area contributed by atoms with Gasteiger partial charge < -0.3 is 34.6 Å². The van der Waals surface area contributed by atoms with Gasteiger partial charge in [0.2, 0.25) is 6.29 Å². The molecule has 1 fully saturated rings. The summed E-state index contributed by atoms with van der Waals surface area (Å²) in [6, 6.07) is 5.06. The molecule has 1 saturated heterocycles. The molecule has 0 unspecified atom stereocenters. The molecule has 4 N–H and O–H groups in total. The molecule has 2 rings (SSSR count). The van der Waals surface area contributed by atoms with E-state index in [-0.39, 0.29) is 0 Å². The molecule has 1 heterocycles. The number of ether oxygens (including phenoxy) is 3. The van der Waals surface area contributed by atoms with Gasteiger partial charge in [-0.3, -0.25) is 0 Å². The van der Waals surface area contributed by atoms with Crippen molar-refractivity contribution >= 4 is 6.08 Å². The predicted molar refractivity (Wildman–Crippen MR) is 82.1 cm³/mol. The lowest BCUT2D eigenvalue weighted by Gasteiger charge is -2.39. The molecule has 0 bridgehead atoms. The monoisotopic (exact) mass is 326 g/mol. The van der Waals surface area contributed by atoms with Crippen molar-refractivity contribution in [3.05, 3.63) is 29.8 Å². The second-order valence-corrected chi connectivity index (χ2v) is 5.22. The largest absolute Gasteiger partial charge is 0.496 e. The molecule has 23 heavy (non-hydrogen) atoms. The van der Waals surface area contributed by atoms with Crippen molar-refractivity contribution < 1.29 is 34.6 Å². The van der Waals surface area contributed by atoms with Crippen LogP contribution < -0.4 is 9.47 Å². The van der Waals surface area contributed by atoms with Crippen LogP contribution in [0.1, 0.15) is 12.5 Å². The first-order chi connectivity index (χ1) is 11.0. The van der Waals surface area contributed by atoms with Crippen molar-refractivity contribution in [1.29, 1.82) is 0 Å². The molecule has 128 valence electrons. The van der Waals surface area contributed by atoms with E-state index < -0.39 is 37.3 Å². The van der Waals surface area contributed by atoms with Crippen molar-refractivity contribution in [3.63, 3.8) is 0 Å². The summed E-state index contributed by atoms with van der Waals surface area (Å²) in [4.78, 5) is 0. The predicted octanol–water partition coefficient (Wildman–Crippen LogP) is -0.0930. The Morgan fingerprint density at radius 1 is 1.17 bits per heavy atom. The Hall–Kier alpha value is -1.64. The van der Waals surface area contributed by atoms with Gasteiger partial charge in [-0.05, 0) is 19.1 Å². The quantitative estimate of drug-likeness (QED) is 0.599. The molecule has 7 nitrogen and oxygen atoms in total. The van der Waals surface area contributed by atoms with Crippen LogP contribution in [0, 0.1) is 0 Å². The molecule has 1 aromatic carbocycles. The van der Waals surface area contributed by atoms with Gasteiger partial charge in [0.05, 0.1) is 13.7 Å². The highest BCUT2D eigenvalue weighted by Crippen LogP contribution is 2.29. The minimum atomic E-state index is -1.48. The Kier molecular flexibility index (Phi) is 5.97. The second kappa shape index (κ2) is 7.76. The van der Waals surface area contributed by atoms with Gasteiger partial charge in [-0.15, -0.1) is 0 Å². The summed E-state index contributed by atoms with van der Waals surface area (Å²) in [5.74, 6) is 0.935. The molecule has 0 aromatic heterocycles. The fourth-order valence-electron chi connectivity index (χ4n) is 2.38. The Bertz CT molecular complexity index is 543. The lowest BCUT2D eigenvalue weighted by Crippen LogP contribution is -2.60. The molecular formula is C16H22O7. The fraction of sp³-hybridized carbons (Fsp3) is 0.500. The van der Waals surface area contributed by atoms with Gasteiger partial charge in [-0.1, -0.05) is 12.2 Å². The van der Waals surface area contributed by atoms with Crippen molar-refractivity contribution in [2.75, 3.05) is 13.7 Å². The summed E-state index contributed by atoms with van der Waals surface area (Å²) >= 11 is 0. The molecule has 0 spiro atoms. The van der Waals surface area contributed by atoms with Crippen LogP contribution in [0.4, 0.5) is 0 Å². The number of methoxy groups -OCH3 is 1. The van der Waals surface area contributed by atoms with Crippen LogP contribution in [0.25, 0.3) is 6.08 Å². The van der Waals surface area contributed by atoms with E-state index in [1.165, 1.54) is 7.11 Å². The number of allylic oxidation sites excluding steroid dienone is 1. The third-order valence-electron chi connectivity index (χ3n) is 3.65. The maximum Gasteiger partial charge on any atom is 0.229 e. The van der Waals surface area contributed by atoms with Crippen LogP contribution in [0.3, 0.4) is 0 Å². The molecule has 0 saturated carbocycles. The average molecular weight is 326 g/mol. The third kappa shape index (κ3) is 3.82. The Morgan fingerprint density at radius 3 is 2.52 bits per heavy atom. The molecule has 5 atom stereocenters. The van der Waals surface area contributed by atoms with E-state index in [1.54, 1.807) is 18.2 Å². The van der Waals surface area contributed by atoms with E-state index in [0.717, 1.165) is 5.56 Å². The van der Waals surface area contributed by atoms with Gasteiger partial charge in [0.25, 0.3) is 0 Å². The molecular weight excluding hydrogens is 304 g/mol. The van der Waals surface area contributed by atoms with Crippen LogP contribution in [-0.2, 0) is 4.74 Å². The Morgan fingerprint density at radius 2 is 1.91 bits per heavy atom. The van der Waals surface area contributed by atoms with E-state index in [9.17, 15) is 15.3 Å². The summed E-state index contributed by atoms with van der Waals surface area (Å²) in [7, 11) is 1.53. The summed E-state index contributed by atoms with van der Waals surface area (Å²) in [5.41, 5.74) is 0.858. The van der Waals surface area contributed by atoms with Crippen LogP contribution in [0.15, 0.2) is 24.3 Å². The maximum atomic E-state index is 9.96. The normalized spacial score (nSPS) is 31.3. The number of hydrogen-bond acceptors (Lipinski definition) is 7. The molecule has 0 aliphatic carbocycles. The van der Waals surface area contributed by atoms with Gasteiger partial charge in [0, 0.05) is 11.6 Å². The zero-order valence-corrected chi connectivity index (χ0v) is 13.0. The number of rotatable bonds is 5. The maximum absolute atomic E-state index is 9.96. The topological polar surface area (TPSA) is 109 Å². The van der Waals surface area contributed by atoms with E-state index in [0.29, 0.717) is 11.5 Å². The van der Waals surface area contributed by atoms with Crippen molar-refractivity contribution in [1.82, 2.24) is 0 Å². The van der Waals surface area contributed by atoms with Gasteiger partial charge in [0.15, 0.2) is 0 Å². The van der Waals surface area contributed by atoms with Crippen molar-refractivity contribution in [2.24, 2.45) is 0 Å². The summed E-state index contributed by atoms with van der Waals surface area (Å²) in [6.45, 7) is 1.38. The minimum Gasteiger partial charge on any atom is -0.496 e. The van der Waals surface area contributed by atoms with Gasteiger partial charge in [0.1, 0.15) is 35.9 Å². The van der Waals surface area contributed by atoms with E-state index in [4.69, 9.17) is 19.3 Å². The fourth-order valence-corrected chi connectivity index (χ4v) is 2.38. The minimum absolute atomic E-state index is 0.361. The molecule has 1 aliphatic heterocycles. The molecule has 1 aliphatic rings. The van der Waals surface area contributed by atoms with Crippen molar-refractivity contribution in [3.8, 4) is 11.5 Å². The van der Waals surface area contributed by atoms with Crippen molar-refractivity contribution in [2.45, 2.75) is 37.6 Å². The van der Waals surface area contributed by atoms with E-state index >= 15 is 0 Å². The molecule has 0 amide bonds. The zero-order chi connectivity index (χ0) is 17.0. The number of aliphatic hydroxyl groups excluding tert-OH is 4. The summed E-state index contributed by atoms with van der Waals surface area (Å²) in [6.07, 6.45) is -2.83. The lowest BCUT2D eigenvalue weighted by molar-refractivity contribution is -0.277. The first kappa shape index (κ1) is 17.7. The number of aliphatic hydroxyl groups is 4. The highest BCUT2D eigenvalue weighted by molar-refractivity contribution is 5.59. The van der Waals surface area contributed by atoms with E-state index in [1.807, 2.05) is 19.1 Å². The van der Waals surface area contributed by atoms with Gasteiger partial charge in [-0.2, -0.15) is 0 Å². The third-order valence-corrected chi connectivity index (χ3v) is 3.65. The SMILES string of the molecule is C/C=C/c1ccc(O[C@@H]2O[C@H](CO)[C@@H](O)[C@H](O)[C@H]2O)cc1OC. The first-order valence-electron chi connectivity index (χ1n) is 7.29. The second-order valence-electron chi connectivity index (χ2n) is 5.22. The van der Waals surface area contributed by atoms with Crippen LogP contribution in [0.5, 0.6) is 11.5 Å². The smallest absolute Gasteiger partial charge is 0.229 e. The first-order valence-corrected chi connectivity index (χ1v) is 7.29. The lowest BCUT2D eigenvalue weighted by atomic mass is 9.99. The van der Waals surface area contributed by atoms with Crippen LogP contribution in [-0.4, -0.2) is 64.8 Å². The van der Waals surface area contributed by atoms with Gasteiger partial charge >= 0.3 is 0 Å². The molecule has 1 aromatic rings. The highest BCUT2D eigenvalue weighted by atomic mass is 16.7. The molecule has 0 radical (unpaired) electrons. The summed E-state index contributed by atoms with van der Waals surface area (Å²) in [5, 5.41) is 38.6. The van der Waals surface area contributed by atoms with Gasteiger partial charge in [-0.25, -0.2) is 0 Å². The van der Waals surface area contributed by atoms with Crippen LogP contribution >= 0.6 is 0 Å². The zero-order valence-electron chi connectivity index (χ0n) is 13.0. The number of hydrogen-bond donors (Lipinski definition) is 4. The highest BCUT2D eigenvalue weighted by Gasteiger charge is 2.44.